The summed E-state index contributed by atoms with van der Waals surface area (Å²) in [6.07, 6.45) is 5.56. The number of aliphatic hydroxyl groups is 1. The maximum Gasteiger partial charge on any atom is 0.270 e. The Balaban J connectivity index is 1.62. The summed E-state index contributed by atoms with van der Waals surface area (Å²) in [7, 11) is 0. The molecule has 1 amide bonds. The second-order valence-electron chi connectivity index (χ2n) is 6.93. The molecule has 2 aromatic rings. The Morgan fingerprint density at radius 2 is 2.04 bits per heavy atom. The quantitative estimate of drug-likeness (QED) is 0.912. The van der Waals surface area contributed by atoms with E-state index in [0.717, 1.165) is 25.7 Å². The van der Waals surface area contributed by atoms with E-state index in [2.05, 4.69) is 17.1 Å². The Kier molecular flexibility index (Phi) is 3.49. The summed E-state index contributed by atoms with van der Waals surface area (Å²) < 4.78 is 0. The molecule has 2 bridgehead atoms. The Morgan fingerprint density at radius 3 is 2.74 bits per heavy atom. The third-order valence-electron chi connectivity index (χ3n) is 5.63. The van der Waals surface area contributed by atoms with Crippen LogP contribution in [-0.4, -0.2) is 39.6 Å². The zero-order valence-electron chi connectivity index (χ0n) is 13.1. The second-order valence-corrected chi connectivity index (χ2v) is 6.93. The van der Waals surface area contributed by atoms with Gasteiger partial charge in [0.1, 0.15) is 5.69 Å². The van der Waals surface area contributed by atoms with E-state index in [1.807, 2.05) is 35.2 Å². The van der Waals surface area contributed by atoms with E-state index in [9.17, 15) is 9.90 Å². The fourth-order valence-electron chi connectivity index (χ4n) is 4.62. The van der Waals surface area contributed by atoms with E-state index >= 15 is 0 Å². The molecular formula is C19H22N2O2. The molecule has 0 aliphatic carbocycles. The zero-order chi connectivity index (χ0) is 15.9. The number of nitrogens with zero attached hydrogens (tertiary/aromatic N) is 1. The van der Waals surface area contributed by atoms with Crippen molar-refractivity contribution in [1.29, 1.82) is 0 Å². The summed E-state index contributed by atoms with van der Waals surface area (Å²) in [5.74, 6) is 0.0749. The number of aromatic amines is 1. The van der Waals surface area contributed by atoms with Gasteiger partial charge in [0, 0.05) is 23.7 Å². The number of aromatic nitrogens is 1. The fraction of sp³-hybridized carbons (Fsp3) is 0.421. The molecular weight excluding hydrogens is 288 g/mol. The minimum Gasteiger partial charge on any atom is -0.396 e. The van der Waals surface area contributed by atoms with Gasteiger partial charge in [-0.05, 0) is 43.4 Å². The first-order valence-electron chi connectivity index (χ1n) is 8.34. The van der Waals surface area contributed by atoms with E-state index in [1.54, 1.807) is 6.20 Å². The third kappa shape index (κ3) is 2.29. The largest absolute Gasteiger partial charge is 0.396 e. The molecule has 2 saturated heterocycles. The zero-order valence-corrected chi connectivity index (χ0v) is 13.1. The lowest BCUT2D eigenvalue weighted by atomic mass is 9.70. The Labute approximate surface area is 136 Å². The molecule has 4 nitrogen and oxygen atoms in total. The van der Waals surface area contributed by atoms with Gasteiger partial charge in [0.15, 0.2) is 0 Å². The van der Waals surface area contributed by atoms with Crippen molar-refractivity contribution < 1.29 is 9.90 Å². The van der Waals surface area contributed by atoms with Gasteiger partial charge in [-0.2, -0.15) is 0 Å². The lowest BCUT2D eigenvalue weighted by Gasteiger charge is -2.36. The van der Waals surface area contributed by atoms with Crippen LogP contribution in [0.2, 0.25) is 0 Å². The van der Waals surface area contributed by atoms with E-state index < -0.39 is 0 Å². The number of nitrogens with one attached hydrogen (secondary N) is 1. The molecule has 0 radical (unpaired) electrons. The molecule has 0 unspecified atom stereocenters. The number of rotatable bonds is 4. The molecule has 1 aromatic carbocycles. The second kappa shape index (κ2) is 5.53. The van der Waals surface area contributed by atoms with Crippen molar-refractivity contribution in [2.45, 2.75) is 37.8 Å². The van der Waals surface area contributed by atoms with Gasteiger partial charge in [0.05, 0.1) is 6.61 Å². The minimum absolute atomic E-state index is 0.0749. The van der Waals surface area contributed by atoms with Gasteiger partial charge in [-0.3, -0.25) is 4.79 Å². The Bertz CT molecular complexity index is 683. The van der Waals surface area contributed by atoms with Crippen molar-refractivity contribution in [1.82, 2.24) is 9.88 Å². The number of H-pyrrole nitrogens is 1. The predicted octanol–water partition coefficient (Wildman–Crippen LogP) is 2.61. The smallest absolute Gasteiger partial charge is 0.270 e. The summed E-state index contributed by atoms with van der Waals surface area (Å²) in [6.45, 7) is 0.136. The van der Waals surface area contributed by atoms with E-state index in [0.29, 0.717) is 5.69 Å². The van der Waals surface area contributed by atoms with Crippen molar-refractivity contribution in [3.8, 4) is 0 Å². The van der Waals surface area contributed by atoms with Crippen LogP contribution in [-0.2, 0) is 6.42 Å². The molecule has 2 aliphatic heterocycles. The highest BCUT2D eigenvalue weighted by atomic mass is 16.3. The topological polar surface area (TPSA) is 56.3 Å². The van der Waals surface area contributed by atoms with Gasteiger partial charge in [-0.1, -0.05) is 30.3 Å². The number of amides is 1. The highest BCUT2D eigenvalue weighted by Gasteiger charge is 2.57. The Hall–Kier alpha value is -2.07. The number of carbonyl (C=O) groups excluding carboxylic acids is 1. The summed E-state index contributed by atoms with van der Waals surface area (Å²) in [5, 5.41) is 10.2. The van der Waals surface area contributed by atoms with Crippen LogP contribution in [0.25, 0.3) is 0 Å². The first-order chi connectivity index (χ1) is 11.2. The van der Waals surface area contributed by atoms with Crippen LogP contribution in [0.5, 0.6) is 0 Å². The molecule has 1 aromatic heterocycles. The van der Waals surface area contributed by atoms with Crippen molar-refractivity contribution in [3.63, 3.8) is 0 Å². The minimum atomic E-state index is -0.202. The van der Waals surface area contributed by atoms with Crippen LogP contribution in [0.1, 0.15) is 35.3 Å². The molecule has 0 saturated carbocycles. The maximum atomic E-state index is 12.8. The van der Waals surface area contributed by atoms with Crippen LogP contribution in [0.4, 0.5) is 0 Å². The van der Waals surface area contributed by atoms with E-state index in [4.69, 9.17) is 0 Å². The number of benzene rings is 1. The summed E-state index contributed by atoms with van der Waals surface area (Å²) >= 11 is 0. The average Bonchev–Trinajstić information content (AvgIpc) is 3.30. The van der Waals surface area contributed by atoms with Crippen molar-refractivity contribution in [2.24, 2.45) is 5.41 Å². The first kappa shape index (κ1) is 14.5. The molecule has 0 spiro atoms. The maximum absolute atomic E-state index is 12.8. The highest BCUT2D eigenvalue weighted by Crippen LogP contribution is 2.51. The highest BCUT2D eigenvalue weighted by molar-refractivity contribution is 5.93. The fourth-order valence-corrected chi connectivity index (χ4v) is 4.62. The van der Waals surface area contributed by atoms with Gasteiger partial charge in [0.25, 0.3) is 5.91 Å². The molecule has 3 atom stereocenters. The number of aliphatic hydroxyl groups excluding tert-OH is 1. The summed E-state index contributed by atoms with van der Waals surface area (Å²) in [4.78, 5) is 17.9. The SMILES string of the molecule is O=C(c1ccc[nH]1)N1[C@@H]2CC[C@H]1[C@](CO)(Cc1ccccc1)C2. The third-order valence-corrected chi connectivity index (χ3v) is 5.63. The lowest BCUT2D eigenvalue weighted by molar-refractivity contribution is 0.0567. The van der Waals surface area contributed by atoms with Gasteiger partial charge >= 0.3 is 0 Å². The molecule has 2 N–H and O–H groups in total. The van der Waals surface area contributed by atoms with Gasteiger partial charge < -0.3 is 15.0 Å². The number of fused-ring (bicyclic) bond motifs is 2. The van der Waals surface area contributed by atoms with Gasteiger partial charge in [-0.25, -0.2) is 0 Å². The normalized spacial score (nSPS) is 29.2. The van der Waals surface area contributed by atoms with Crippen molar-refractivity contribution in [2.75, 3.05) is 6.61 Å². The van der Waals surface area contributed by atoms with Crippen LogP contribution >= 0.6 is 0 Å². The van der Waals surface area contributed by atoms with Gasteiger partial charge in [-0.15, -0.1) is 0 Å². The Morgan fingerprint density at radius 1 is 1.22 bits per heavy atom. The van der Waals surface area contributed by atoms with Crippen LogP contribution < -0.4 is 0 Å². The van der Waals surface area contributed by atoms with Gasteiger partial charge in [0.2, 0.25) is 0 Å². The standard InChI is InChI=1S/C19H22N2O2/c22-13-19(11-14-5-2-1-3-6-14)12-15-8-9-17(19)21(15)18(23)16-7-4-10-20-16/h1-7,10,15,17,20,22H,8-9,11-13H2/t15-,17+,19-/m1/s1. The van der Waals surface area contributed by atoms with Crippen LogP contribution in [0.15, 0.2) is 48.7 Å². The van der Waals surface area contributed by atoms with Crippen LogP contribution in [0.3, 0.4) is 0 Å². The van der Waals surface area contributed by atoms with Crippen LogP contribution in [0, 0.1) is 5.41 Å². The number of hydrogen-bond acceptors (Lipinski definition) is 2. The van der Waals surface area contributed by atoms with Crippen molar-refractivity contribution in [3.05, 3.63) is 59.9 Å². The number of carbonyl (C=O) groups is 1. The molecule has 2 aliphatic rings. The van der Waals surface area contributed by atoms with E-state index in [-0.39, 0.29) is 30.0 Å². The summed E-state index contributed by atoms with van der Waals surface area (Å²) in [6, 6.07) is 14.4. The summed E-state index contributed by atoms with van der Waals surface area (Å²) in [5.41, 5.74) is 1.68. The molecule has 4 heteroatoms. The predicted molar refractivity (Wildman–Crippen MR) is 88.1 cm³/mol. The molecule has 2 fully saturated rings. The number of hydrogen-bond donors (Lipinski definition) is 2. The lowest BCUT2D eigenvalue weighted by Crippen LogP contribution is -2.44. The molecule has 4 rings (SSSR count). The molecule has 3 heterocycles. The monoisotopic (exact) mass is 310 g/mol. The molecule has 23 heavy (non-hydrogen) atoms. The molecule has 120 valence electrons. The van der Waals surface area contributed by atoms with E-state index in [1.165, 1.54) is 5.56 Å². The first-order valence-corrected chi connectivity index (χ1v) is 8.34. The average molecular weight is 310 g/mol. The van der Waals surface area contributed by atoms with Crippen molar-refractivity contribution >= 4 is 5.91 Å².